The molecule has 0 bridgehead atoms. The summed E-state index contributed by atoms with van der Waals surface area (Å²) in [4.78, 5) is 12.2. The number of rotatable bonds is 1. The molecule has 0 saturated heterocycles. The van der Waals surface area contributed by atoms with E-state index in [1.165, 1.54) is 5.56 Å². The number of hydrogen-bond donors (Lipinski definition) is 2. The molecule has 19 heavy (non-hydrogen) atoms. The number of carbonyl (C=O) groups excluding carboxylic acids is 1. The van der Waals surface area contributed by atoms with Gasteiger partial charge in [-0.3, -0.25) is 4.79 Å². The Bertz CT molecular complexity index is 633. The van der Waals surface area contributed by atoms with Crippen molar-refractivity contribution in [1.82, 2.24) is 5.32 Å². The van der Waals surface area contributed by atoms with Gasteiger partial charge in [0.25, 0.3) is 5.91 Å². The lowest BCUT2D eigenvalue weighted by molar-refractivity contribution is 0.0906. The van der Waals surface area contributed by atoms with Gasteiger partial charge in [0.2, 0.25) is 0 Å². The molecule has 0 aromatic heterocycles. The van der Waals surface area contributed by atoms with Crippen molar-refractivity contribution in [2.24, 2.45) is 0 Å². The number of fused-ring (bicyclic) bond motifs is 1. The maximum atomic E-state index is 12.2. The zero-order chi connectivity index (χ0) is 13.5. The minimum atomic E-state index is -0.570. The first-order valence-electron chi connectivity index (χ1n) is 6.35. The summed E-state index contributed by atoms with van der Waals surface area (Å²) in [5.41, 5.74) is 3.23. The molecule has 1 aliphatic heterocycles. The predicted molar refractivity (Wildman–Crippen MR) is 76.1 cm³/mol. The standard InChI is InChI=1S/C16H16N2O/c1-11-7-9-12(10-8-11)16(2)17-14-6-4-3-5-13(14)15(19)18-16/h3-10,17H,1-2H3,(H,18,19)/t16-/m1/s1. The number of amides is 1. The Morgan fingerprint density at radius 3 is 2.37 bits per heavy atom. The van der Waals surface area contributed by atoms with Gasteiger partial charge in [-0.25, -0.2) is 0 Å². The lowest BCUT2D eigenvalue weighted by Crippen LogP contribution is -2.52. The van der Waals surface area contributed by atoms with Gasteiger partial charge in [-0.15, -0.1) is 0 Å². The zero-order valence-corrected chi connectivity index (χ0v) is 11.0. The summed E-state index contributed by atoms with van der Waals surface area (Å²) in [7, 11) is 0. The number of para-hydroxylation sites is 1. The monoisotopic (exact) mass is 252 g/mol. The van der Waals surface area contributed by atoms with Crippen LogP contribution in [0.25, 0.3) is 0 Å². The summed E-state index contributed by atoms with van der Waals surface area (Å²) < 4.78 is 0. The Morgan fingerprint density at radius 2 is 1.63 bits per heavy atom. The van der Waals surface area contributed by atoms with E-state index in [0.29, 0.717) is 5.56 Å². The van der Waals surface area contributed by atoms with Gasteiger partial charge >= 0.3 is 0 Å². The van der Waals surface area contributed by atoms with Crippen molar-refractivity contribution in [3.8, 4) is 0 Å². The van der Waals surface area contributed by atoms with Gasteiger partial charge in [-0.05, 0) is 31.5 Å². The number of aryl methyl sites for hydroxylation is 1. The molecule has 2 N–H and O–H groups in total. The minimum absolute atomic E-state index is 0.0441. The van der Waals surface area contributed by atoms with E-state index in [1.54, 1.807) is 0 Å². The Balaban J connectivity index is 2.04. The topological polar surface area (TPSA) is 41.1 Å². The van der Waals surface area contributed by atoms with E-state index in [0.717, 1.165) is 11.3 Å². The average Bonchev–Trinajstić information content (AvgIpc) is 2.39. The first-order valence-corrected chi connectivity index (χ1v) is 6.35. The molecule has 1 amide bonds. The van der Waals surface area contributed by atoms with Crippen LogP contribution in [0.15, 0.2) is 48.5 Å². The normalized spacial score (nSPS) is 21.3. The SMILES string of the molecule is Cc1ccc([C@@]2(C)NC(=O)c3ccccc3N2)cc1. The fourth-order valence-corrected chi connectivity index (χ4v) is 2.42. The van der Waals surface area contributed by atoms with Crippen molar-refractivity contribution < 1.29 is 4.79 Å². The summed E-state index contributed by atoms with van der Waals surface area (Å²) in [5.74, 6) is -0.0441. The molecule has 0 aliphatic carbocycles. The summed E-state index contributed by atoms with van der Waals surface area (Å²) in [6, 6.07) is 15.7. The second-order valence-corrected chi connectivity index (χ2v) is 5.12. The Hall–Kier alpha value is -2.29. The molecular formula is C16H16N2O. The average molecular weight is 252 g/mol. The fraction of sp³-hybridized carbons (Fsp3) is 0.188. The van der Waals surface area contributed by atoms with Crippen molar-refractivity contribution in [2.45, 2.75) is 19.5 Å². The smallest absolute Gasteiger partial charge is 0.255 e. The Morgan fingerprint density at radius 1 is 0.947 bits per heavy atom. The fourth-order valence-electron chi connectivity index (χ4n) is 2.42. The molecule has 1 aliphatic rings. The summed E-state index contributed by atoms with van der Waals surface area (Å²) >= 11 is 0. The van der Waals surface area contributed by atoms with E-state index in [2.05, 4.69) is 22.8 Å². The van der Waals surface area contributed by atoms with Crippen LogP contribution >= 0.6 is 0 Å². The lowest BCUT2D eigenvalue weighted by atomic mass is 9.95. The van der Waals surface area contributed by atoms with Crippen molar-refractivity contribution in [3.05, 3.63) is 65.2 Å². The highest BCUT2D eigenvalue weighted by atomic mass is 16.2. The third-order valence-corrected chi connectivity index (χ3v) is 3.55. The van der Waals surface area contributed by atoms with Crippen LogP contribution in [0.2, 0.25) is 0 Å². The first-order chi connectivity index (χ1) is 9.08. The molecule has 0 unspecified atom stereocenters. The number of hydrogen-bond acceptors (Lipinski definition) is 2. The minimum Gasteiger partial charge on any atom is -0.359 e. The van der Waals surface area contributed by atoms with Crippen LogP contribution in [0.5, 0.6) is 0 Å². The maximum absolute atomic E-state index is 12.2. The molecule has 3 heteroatoms. The van der Waals surface area contributed by atoms with Crippen LogP contribution in [-0.2, 0) is 5.66 Å². The summed E-state index contributed by atoms with van der Waals surface area (Å²) in [5, 5.41) is 6.44. The van der Waals surface area contributed by atoms with Gasteiger partial charge in [0, 0.05) is 5.69 Å². The molecule has 2 aromatic carbocycles. The molecule has 2 aromatic rings. The van der Waals surface area contributed by atoms with E-state index in [-0.39, 0.29) is 5.91 Å². The van der Waals surface area contributed by atoms with Crippen LogP contribution in [-0.4, -0.2) is 5.91 Å². The largest absolute Gasteiger partial charge is 0.359 e. The van der Waals surface area contributed by atoms with Gasteiger partial charge in [0.1, 0.15) is 5.66 Å². The molecule has 96 valence electrons. The number of carbonyl (C=O) groups is 1. The molecule has 3 nitrogen and oxygen atoms in total. The van der Waals surface area contributed by atoms with Crippen LogP contribution < -0.4 is 10.6 Å². The maximum Gasteiger partial charge on any atom is 0.255 e. The molecule has 0 fully saturated rings. The molecule has 0 saturated carbocycles. The van der Waals surface area contributed by atoms with Crippen LogP contribution in [0.1, 0.15) is 28.4 Å². The van der Waals surface area contributed by atoms with E-state index in [1.807, 2.05) is 50.2 Å². The highest BCUT2D eigenvalue weighted by Crippen LogP contribution is 2.30. The molecule has 3 rings (SSSR count). The highest BCUT2D eigenvalue weighted by molar-refractivity contribution is 6.02. The van der Waals surface area contributed by atoms with Gasteiger partial charge < -0.3 is 10.6 Å². The quantitative estimate of drug-likeness (QED) is 0.819. The van der Waals surface area contributed by atoms with E-state index in [4.69, 9.17) is 0 Å². The van der Waals surface area contributed by atoms with Gasteiger partial charge in [-0.2, -0.15) is 0 Å². The van der Waals surface area contributed by atoms with Gasteiger partial charge in [0.15, 0.2) is 0 Å². The third kappa shape index (κ3) is 1.97. The first kappa shape index (κ1) is 11.8. The second-order valence-electron chi connectivity index (χ2n) is 5.12. The van der Waals surface area contributed by atoms with Crippen molar-refractivity contribution >= 4 is 11.6 Å². The van der Waals surface area contributed by atoms with Crippen LogP contribution in [0, 0.1) is 6.92 Å². The predicted octanol–water partition coefficient (Wildman–Crippen LogP) is 3.02. The summed E-state index contributed by atoms with van der Waals surface area (Å²) in [6.45, 7) is 4.03. The van der Waals surface area contributed by atoms with E-state index >= 15 is 0 Å². The van der Waals surface area contributed by atoms with Crippen molar-refractivity contribution in [2.75, 3.05) is 5.32 Å². The Labute approximate surface area is 112 Å². The van der Waals surface area contributed by atoms with Crippen molar-refractivity contribution in [3.63, 3.8) is 0 Å². The van der Waals surface area contributed by atoms with E-state index < -0.39 is 5.66 Å². The number of benzene rings is 2. The summed E-state index contributed by atoms with van der Waals surface area (Å²) in [6.07, 6.45) is 0. The zero-order valence-electron chi connectivity index (χ0n) is 11.0. The number of anilines is 1. The van der Waals surface area contributed by atoms with Crippen LogP contribution in [0.3, 0.4) is 0 Å². The molecule has 1 atom stereocenters. The van der Waals surface area contributed by atoms with Crippen molar-refractivity contribution in [1.29, 1.82) is 0 Å². The second kappa shape index (κ2) is 4.12. The lowest BCUT2D eigenvalue weighted by Gasteiger charge is -2.38. The van der Waals surface area contributed by atoms with Gasteiger partial charge in [-0.1, -0.05) is 42.0 Å². The molecule has 0 spiro atoms. The van der Waals surface area contributed by atoms with Gasteiger partial charge in [0.05, 0.1) is 5.56 Å². The highest BCUT2D eigenvalue weighted by Gasteiger charge is 2.34. The third-order valence-electron chi connectivity index (χ3n) is 3.55. The Kier molecular flexibility index (Phi) is 2.56. The van der Waals surface area contributed by atoms with E-state index in [9.17, 15) is 4.79 Å². The van der Waals surface area contributed by atoms with Crippen LogP contribution in [0.4, 0.5) is 5.69 Å². The molecule has 1 heterocycles. The molecule has 0 radical (unpaired) electrons. The molecular weight excluding hydrogens is 236 g/mol. The number of nitrogens with one attached hydrogen (secondary N) is 2.